The standard InChI is InChI=1S/C29H26BrN3O5/c1-19(34)20-7-9-23(10-8-20)32-11-13-33(14-12-32)29(36)24(28(35)31-22-5-3-2-4-6-22)15-21-16-26-27(17-25(21)30)38-18-37-26/h2-10,15-17H,11-14,18H2,1H3,(H,31,35)/b24-15+. The minimum absolute atomic E-state index is 0.0210. The fourth-order valence-electron chi connectivity index (χ4n) is 4.39. The van der Waals surface area contributed by atoms with Crippen LogP contribution in [0.25, 0.3) is 6.08 Å². The number of piperazine rings is 1. The lowest BCUT2D eigenvalue weighted by Crippen LogP contribution is -2.50. The number of halogens is 1. The summed E-state index contributed by atoms with van der Waals surface area (Å²) >= 11 is 3.52. The van der Waals surface area contributed by atoms with Crippen LogP contribution < -0.4 is 19.7 Å². The SMILES string of the molecule is CC(=O)c1ccc(N2CCN(C(=O)/C(=C/c3cc4c(cc3Br)OCO4)C(=O)Nc3ccccc3)CC2)cc1. The van der Waals surface area contributed by atoms with E-state index < -0.39 is 5.91 Å². The number of fused-ring (bicyclic) bond motifs is 1. The quantitative estimate of drug-likeness (QED) is 0.197. The van der Waals surface area contributed by atoms with Gasteiger partial charge >= 0.3 is 0 Å². The molecular formula is C29H26BrN3O5. The van der Waals surface area contributed by atoms with E-state index in [2.05, 4.69) is 26.1 Å². The third kappa shape index (κ3) is 5.57. The van der Waals surface area contributed by atoms with Crippen molar-refractivity contribution < 1.29 is 23.9 Å². The predicted molar refractivity (Wildman–Crippen MR) is 149 cm³/mol. The molecule has 2 amide bonds. The van der Waals surface area contributed by atoms with Gasteiger partial charge in [0.05, 0.1) is 0 Å². The Bertz CT molecular complexity index is 1400. The van der Waals surface area contributed by atoms with Gasteiger partial charge in [0, 0.05) is 47.6 Å². The Kier molecular flexibility index (Phi) is 7.46. The molecule has 0 atom stereocenters. The van der Waals surface area contributed by atoms with Crippen molar-refractivity contribution in [3.05, 3.63) is 87.9 Å². The van der Waals surface area contributed by atoms with Gasteiger partial charge in [0.25, 0.3) is 11.8 Å². The molecule has 9 heteroatoms. The van der Waals surface area contributed by atoms with Crippen LogP contribution in [0.5, 0.6) is 11.5 Å². The second-order valence-corrected chi connectivity index (χ2v) is 9.84. The number of para-hydroxylation sites is 1. The van der Waals surface area contributed by atoms with Gasteiger partial charge < -0.3 is 24.6 Å². The van der Waals surface area contributed by atoms with Crippen LogP contribution in [0.3, 0.4) is 0 Å². The average molecular weight is 576 g/mol. The van der Waals surface area contributed by atoms with E-state index in [0.717, 1.165) is 5.69 Å². The molecule has 194 valence electrons. The topological polar surface area (TPSA) is 88.2 Å². The molecule has 5 rings (SSSR count). The number of amides is 2. The van der Waals surface area contributed by atoms with Crippen molar-refractivity contribution in [1.29, 1.82) is 0 Å². The normalized spacial score (nSPS) is 14.8. The van der Waals surface area contributed by atoms with Gasteiger partial charge in [0.15, 0.2) is 17.3 Å². The molecule has 0 aliphatic carbocycles. The zero-order valence-corrected chi connectivity index (χ0v) is 22.4. The van der Waals surface area contributed by atoms with Gasteiger partial charge in [0.1, 0.15) is 5.57 Å². The summed E-state index contributed by atoms with van der Waals surface area (Å²) in [5.74, 6) is 0.332. The summed E-state index contributed by atoms with van der Waals surface area (Å²) in [5, 5.41) is 2.84. The summed E-state index contributed by atoms with van der Waals surface area (Å²) < 4.78 is 11.6. The van der Waals surface area contributed by atoms with Crippen LogP contribution in [-0.2, 0) is 9.59 Å². The Labute approximate surface area is 229 Å². The van der Waals surface area contributed by atoms with E-state index in [0.29, 0.717) is 59.0 Å². The average Bonchev–Trinajstić information content (AvgIpc) is 3.39. The van der Waals surface area contributed by atoms with Gasteiger partial charge in [-0.15, -0.1) is 0 Å². The number of anilines is 2. The molecule has 3 aromatic rings. The monoisotopic (exact) mass is 575 g/mol. The molecule has 38 heavy (non-hydrogen) atoms. The van der Waals surface area contributed by atoms with E-state index in [-0.39, 0.29) is 24.1 Å². The van der Waals surface area contributed by atoms with Crippen LogP contribution in [0.1, 0.15) is 22.8 Å². The molecule has 0 spiro atoms. The highest BCUT2D eigenvalue weighted by atomic mass is 79.9. The van der Waals surface area contributed by atoms with E-state index >= 15 is 0 Å². The summed E-state index contributed by atoms with van der Waals surface area (Å²) in [6.45, 7) is 3.77. The molecule has 1 saturated heterocycles. The first-order valence-electron chi connectivity index (χ1n) is 12.2. The van der Waals surface area contributed by atoms with Crippen molar-refractivity contribution in [3.8, 4) is 11.5 Å². The zero-order chi connectivity index (χ0) is 26.6. The second kappa shape index (κ2) is 11.1. The molecule has 0 saturated carbocycles. The van der Waals surface area contributed by atoms with E-state index in [1.165, 1.54) is 0 Å². The van der Waals surface area contributed by atoms with Gasteiger partial charge in [0.2, 0.25) is 6.79 Å². The first-order valence-corrected chi connectivity index (χ1v) is 13.0. The number of ketones is 1. The first-order chi connectivity index (χ1) is 18.4. The minimum atomic E-state index is -0.493. The zero-order valence-electron chi connectivity index (χ0n) is 20.8. The smallest absolute Gasteiger partial charge is 0.261 e. The lowest BCUT2D eigenvalue weighted by atomic mass is 10.1. The Morgan fingerprint density at radius 1 is 0.895 bits per heavy atom. The maximum absolute atomic E-state index is 13.7. The van der Waals surface area contributed by atoms with Crippen LogP contribution in [0.2, 0.25) is 0 Å². The maximum Gasteiger partial charge on any atom is 0.261 e. The van der Waals surface area contributed by atoms with Gasteiger partial charge in [-0.1, -0.05) is 34.1 Å². The number of hydrogen-bond donors (Lipinski definition) is 1. The summed E-state index contributed by atoms with van der Waals surface area (Å²) in [4.78, 5) is 42.5. The van der Waals surface area contributed by atoms with E-state index in [1.807, 2.05) is 42.5 Å². The van der Waals surface area contributed by atoms with Crippen molar-refractivity contribution >= 4 is 51.0 Å². The van der Waals surface area contributed by atoms with Crippen molar-refractivity contribution in [1.82, 2.24) is 4.90 Å². The second-order valence-electron chi connectivity index (χ2n) is 8.99. The molecule has 3 aromatic carbocycles. The number of nitrogens with one attached hydrogen (secondary N) is 1. The molecule has 0 aromatic heterocycles. The van der Waals surface area contributed by atoms with Gasteiger partial charge in [-0.2, -0.15) is 0 Å². The Hall–Kier alpha value is -4.11. The molecule has 2 aliphatic heterocycles. The lowest BCUT2D eigenvalue weighted by Gasteiger charge is -2.36. The molecule has 0 radical (unpaired) electrons. The van der Waals surface area contributed by atoms with E-state index in [9.17, 15) is 14.4 Å². The number of benzene rings is 3. The fourth-order valence-corrected chi connectivity index (χ4v) is 4.83. The third-order valence-corrected chi connectivity index (χ3v) is 7.19. The number of hydrogen-bond acceptors (Lipinski definition) is 6. The lowest BCUT2D eigenvalue weighted by molar-refractivity contribution is -0.129. The molecule has 2 aliphatic rings. The Morgan fingerprint density at radius 3 is 2.21 bits per heavy atom. The summed E-state index contributed by atoms with van der Waals surface area (Å²) in [5.41, 5.74) is 2.90. The number of ether oxygens (including phenoxy) is 2. The van der Waals surface area contributed by atoms with Gasteiger partial charge in [-0.05, 0) is 67.1 Å². The van der Waals surface area contributed by atoms with E-state index in [4.69, 9.17) is 9.47 Å². The Balaban J connectivity index is 1.37. The third-order valence-electron chi connectivity index (χ3n) is 6.50. The van der Waals surface area contributed by atoms with Crippen LogP contribution in [0.4, 0.5) is 11.4 Å². The van der Waals surface area contributed by atoms with Crippen LogP contribution in [0, 0.1) is 0 Å². The van der Waals surface area contributed by atoms with Crippen LogP contribution in [-0.4, -0.2) is 55.5 Å². The van der Waals surface area contributed by atoms with Crippen molar-refractivity contribution in [3.63, 3.8) is 0 Å². The molecule has 0 bridgehead atoms. The number of nitrogens with zero attached hydrogens (tertiary/aromatic N) is 2. The number of Topliss-reactive ketones (excluding diaryl/α,β-unsaturated/α-hetero) is 1. The summed E-state index contributed by atoms with van der Waals surface area (Å²) in [7, 11) is 0. The molecule has 2 heterocycles. The van der Waals surface area contributed by atoms with Crippen molar-refractivity contribution in [2.24, 2.45) is 0 Å². The van der Waals surface area contributed by atoms with Crippen molar-refractivity contribution in [2.45, 2.75) is 6.92 Å². The highest BCUT2D eigenvalue weighted by Crippen LogP contribution is 2.38. The number of carbonyl (C=O) groups is 3. The van der Waals surface area contributed by atoms with Crippen molar-refractivity contribution in [2.75, 3.05) is 43.2 Å². The molecule has 1 fully saturated rings. The Morgan fingerprint density at radius 2 is 1.55 bits per heavy atom. The summed E-state index contributed by atoms with van der Waals surface area (Å²) in [6, 6.07) is 20.0. The maximum atomic E-state index is 13.7. The molecule has 0 unspecified atom stereocenters. The highest BCUT2D eigenvalue weighted by Gasteiger charge is 2.28. The summed E-state index contributed by atoms with van der Waals surface area (Å²) in [6.07, 6.45) is 1.58. The predicted octanol–water partition coefficient (Wildman–Crippen LogP) is 4.75. The molecule has 8 nitrogen and oxygen atoms in total. The molecule has 1 N–H and O–H groups in total. The number of carbonyl (C=O) groups excluding carboxylic acids is 3. The molecular weight excluding hydrogens is 550 g/mol. The van der Waals surface area contributed by atoms with Gasteiger partial charge in [-0.25, -0.2) is 0 Å². The fraction of sp³-hybridized carbons (Fsp3) is 0.207. The number of rotatable bonds is 6. The largest absolute Gasteiger partial charge is 0.454 e. The highest BCUT2D eigenvalue weighted by molar-refractivity contribution is 9.10. The van der Waals surface area contributed by atoms with E-state index in [1.54, 1.807) is 42.2 Å². The minimum Gasteiger partial charge on any atom is -0.454 e. The van der Waals surface area contributed by atoms with Crippen LogP contribution >= 0.6 is 15.9 Å². The first kappa shape index (κ1) is 25.5. The van der Waals surface area contributed by atoms with Crippen LogP contribution in [0.15, 0.2) is 76.8 Å². The van der Waals surface area contributed by atoms with Gasteiger partial charge in [-0.3, -0.25) is 14.4 Å².